The lowest BCUT2D eigenvalue weighted by molar-refractivity contribution is -0.137. The first-order valence-corrected chi connectivity index (χ1v) is 12.5. The monoisotopic (exact) mass is 485 g/mol. The van der Waals surface area contributed by atoms with Gasteiger partial charge in [0.2, 0.25) is 5.88 Å². The zero-order valence-corrected chi connectivity index (χ0v) is 21.5. The van der Waals surface area contributed by atoms with Gasteiger partial charge in [-0.25, -0.2) is 9.48 Å². The van der Waals surface area contributed by atoms with Crippen LogP contribution in [0.3, 0.4) is 0 Å². The molecule has 0 aliphatic heterocycles. The standard InChI is InChI=1S/C26H39N5O4/c1-15(2)30-25(5,6)7-8-31-23(34-16(3)4)20(14-28-31)22(32)29-21-18-9-17-10-19(21)13-26(11-17,12-18)35-24(27)33/h7-8,14,16-19,21,30H,1,9-13H2,2-6H3,(H2,27,33)(H,29,32)/b8-7+/t17?,18?,19?,21-,26-. The highest BCUT2D eigenvalue weighted by atomic mass is 16.6. The van der Waals surface area contributed by atoms with Gasteiger partial charge in [0, 0.05) is 17.9 Å². The molecule has 4 N–H and O–H groups in total. The number of allylic oxidation sites excluding steroid dienone is 1. The normalized spacial score (nSPS) is 29.4. The molecule has 0 radical (unpaired) electrons. The van der Waals surface area contributed by atoms with Crippen molar-refractivity contribution in [2.24, 2.45) is 23.5 Å². The Bertz CT molecular complexity index is 1010. The fraction of sp³-hybridized carbons (Fsp3) is 0.654. The number of ether oxygens (including phenoxy) is 2. The first-order valence-electron chi connectivity index (χ1n) is 12.5. The van der Waals surface area contributed by atoms with E-state index in [4.69, 9.17) is 15.2 Å². The zero-order chi connectivity index (χ0) is 25.5. The summed E-state index contributed by atoms with van der Waals surface area (Å²) >= 11 is 0. The predicted octanol–water partition coefficient (Wildman–Crippen LogP) is 3.82. The van der Waals surface area contributed by atoms with Crippen LogP contribution in [0.15, 0.2) is 24.5 Å². The van der Waals surface area contributed by atoms with Gasteiger partial charge in [-0.3, -0.25) is 4.79 Å². The molecular formula is C26H39N5O4. The highest BCUT2D eigenvalue weighted by molar-refractivity contribution is 5.96. The minimum atomic E-state index is -0.704. The summed E-state index contributed by atoms with van der Waals surface area (Å²) < 4.78 is 13.2. The first kappa shape index (κ1) is 25.1. The Morgan fingerprint density at radius 1 is 1.29 bits per heavy atom. The van der Waals surface area contributed by atoms with Gasteiger partial charge in [-0.05, 0) is 90.6 Å². The predicted molar refractivity (Wildman–Crippen MR) is 134 cm³/mol. The van der Waals surface area contributed by atoms with Crippen LogP contribution in [0.25, 0.3) is 6.20 Å². The van der Waals surface area contributed by atoms with Crippen LogP contribution in [0, 0.1) is 17.8 Å². The lowest BCUT2D eigenvalue weighted by Crippen LogP contribution is -2.63. The van der Waals surface area contributed by atoms with Gasteiger partial charge in [0.1, 0.15) is 11.2 Å². The number of primary amides is 1. The lowest BCUT2D eigenvalue weighted by Gasteiger charge is -2.58. The molecule has 2 atom stereocenters. The van der Waals surface area contributed by atoms with Crippen molar-refractivity contribution in [3.8, 4) is 5.88 Å². The summed E-state index contributed by atoms with van der Waals surface area (Å²) in [4.78, 5) is 25.0. The number of rotatable bonds is 9. The smallest absolute Gasteiger partial charge is 0.405 e. The van der Waals surface area contributed by atoms with Crippen molar-refractivity contribution < 1.29 is 19.1 Å². The molecule has 2 unspecified atom stereocenters. The van der Waals surface area contributed by atoms with E-state index in [1.165, 1.54) is 0 Å². The maximum atomic E-state index is 13.5. The van der Waals surface area contributed by atoms with E-state index in [1.807, 2.05) is 40.7 Å². The van der Waals surface area contributed by atoms with Crippen LogP contribution >= 0.6 is 0 Å². The van der Waals surface area contributed by atoms with Gasteiger partial charge in [-0.15, -0.1) is 0 Å². The molecule has 1 heterocycles. The Labute approximate surface area is 207 Å². The topological polar surface area (TPSA) is 121 Å². The Morgan fingerprint density at radius 2 is 1.94 bits per heavy atom. The molecule has 0 aromatic carbocycles. The van der Waals surface area contributed by atoms with Crippen molar-refractivity contribution in [2.45, 2.75) is 90.0 Å². The van der Waals surface area contributed by atoms with Gasteiger partial charge in [0.05, 0.1) is 17.8 Å². The van der Waals surface area contributed by atoms with E-state index >= 15 is 0 Å². The second-order valence-electron chi connectivity index (χ2n) is 11.5. The van der Waals surface area contributed by atoms with Crippen molar-refractivity contribution in [1.29, 1.82) is 0 Å². The van der Waals surface area contributed by atoms with Crippen LogP contribution in [0.4, 0.5) is 4.79 Å². The summed E-state index contributed by atoms with van der Waals surface area (Å²) in [5, 5.41) is 11.0. The fourth-order valence-electron chi connectivity index (χ4n) is 6.56. The largest absolute Gasteiger partial charge is 0.474 e. The Balaban J connectivity index is 1.52. The highest BCUT2D eigenvalue weighted by Gasteiger charge is 2.57. The molecule has 4 bridgehead atoms. The molecule has 0 spiro atoms. The average molecular weight is 486 g/mol. The fourth-order valence-corrected chi connectivity index (χ4v) is 6.56. The maximum Gasteiger partial charge on any atom is 0.405 e. The number of hydrogen-bond donors (Lipinski definition) is 3. The number of amides is 2. The second-order valence-corrected chi connectivity index (χ2v) is 11.5. The summed E-state index contributed by atoms with van der Waals surface area (Å²) in [6.07, 6.45) is 8.94. The molecule has 1 aromatic heterocycles. The van der Waals surface area contributed by atoms with Gasteiger partial charge in [0.25, 0.3) is 5.91 Å². The lowest BCUT2D eigenvalue weighted by atomic mass is 9.52. The van der Waals surface area contributed by atoms with E-state index in [1.54, 1.807) is 17.1 Å². The molecule has 5 rings (SSSR count). The zero-order valence-electron chi connectivity index (χ0n) is 21.5. The molecule has 4 aliphatic carbocycles. The van der Waals surface area contributed by atoms with E-state index < -0.39 is 11.7 Å². The summed E-state index contributed by atoms with van der Waals surface area (Å²) in [5.41, 5.74) is 5.83. The quantitative estimate of drug-likeness (QED) is 0.489. The van der Waals surface area contributed by atoms with E-state index in [0.717, 1.165) is 37.8 Å². The molecule has 4 saturated carbocycles. The molecule has 0 saturated heterocycles. The molecule has 1 aromatic rings. The van der Waals surface area contributed by atoms with Crippen molar-refractivity contribution in [2.75, 3.05) is 0 Å². The second kappa shape index (κ2) is 9.24. The molecule has 9 heteroatoms. The summed E-state index contributed by atoms with van der Waals surface area (Å²) in [7, 11) is 0. The minimum absolute atomic E-state index is 0.0353. The number of nitrogens with one attached hydrogen (secondary N) is 2. The Kier molecular flexibility index (Phi) is 6.64. The number of nitrogens with two attached hydrogens (primary N) is 1. The van der Waals surface area contributed by atoms with Crippen molar-refractivity contribution >= 4 is 18.2 Å². The van der Waals surface area contributed by atoms with Crippen LogP contribution in [0.2, 0.25) is 0 Å². The Morgan fingerprint density at radius 3 is 2.51 bits per heavy atom. The van der Waals surface area contributed by atoms with Crippen LogP contribution in [-0.4, -0.2) is 45.1 Å². The van der Waals surface area contributed by atoms with E-state index in [-0.39, 0.29) is 35.4 Å². The number of hydrogen-bond acceptors (Lipinski definition) is 6. The van der Waals surface area contributed by atoms with Crippen LogP contribution in [0.5, 0.6) is 5.88 Å². The first-order chi connectivity index (χ1) is 16.4. The number of carbonyl (C=O) groups is 2. The third kappa shape index (κ3) is 5.49. The van der Waals surface area contributed by atoms with E-state index in [9.17, 15) is 9.59 Å². The van der Waals surface area contributed by atoms with Crippen molar-refractivity contribution in [3.05, 3.63) is 30.1 Å². The average Bonchev–Trinajstić information content (AvgIpc) is 3.08. The molecule has 9 nitrogen and oxygen atoms in total. The van der Waals surface area contributed by atoms with Gasteiger partial charge >= 0.3 is 6.09 Å². The summed E-state index contributed by atoms with van der Waals surface area (Å²) in [5.74, 6) is 1.27. The third-order valence-corrected chi connectivity index (χ3v) is 7.34. The molecule has 4 fully saturated rings. The summed E-state index contributed by atoms with van der Waals surface area (Å²) in [6, 6.07) is 0.0353. The number of nitrogens with zero attached hydrogens (tertiary/aromatic N) is 2. The van der Waals surface area contributed by atoms with E-state index in [0.29, 0.717) is 17.4 Å². The Hall–Kier alpha value is -2.97. The third-order valence-electron chi connectivity index (χ3n) is 7.34. The van der Waals surface area contributed by atoms with Gasteiger partial charge in [-0.2, -0.15) is 5.10 Å². The van der Waals surface area contributed by atoms with Crippen LogP contribution in [-0.2, 0) is 4.74 Å². The van der Waals surface area contributed by atoms with Gasteiger partial charge in [0.15, 0.2) is 0 Å². The SMILES string of the molecule is C=C(C)NC(C)(C)/C=C/n1ncc(C(=O)N[C@H]2C3CC4CC2C[C@](OC(N)=O)(C4)C3)c1OC(C)C. The van der Waals surface area contributed by atoms with Gasteiger partial charge in [-0.1, -0.05) is 6.58 Å². The van der Waals surface area contributed by atoms with Crippen LogP contribution in [0.1, 0.15) is 77.1 Å². The van der Waals surface area contributed by atoms with Gasteiger partial charge < -0.3 is 25.8 Å². The highest BCUT2D eigenvalue weighted by Crippen LogP contribution is 2.57. The van der Waals surface area contributed by atoms with Crippen molar-refractivity contribution in [3.63, 3.8) is 0 Å². The van der Waals surface area contributed by atoms with Crippen molar-refractivity contribution in [1.82, 2.24) is 20.4 Å². The number of aromatic nitrogens is 2. The molecule has 192 valence electrons. The minimum Gasteiger partial charge on any atom is -0.474 e. The summed E-state index contributed by atoms with van der Waals surface area (Å²) in [6.45, 7) is 13.7. The van der Waals surface area contributed by atoms with E-state index in [2.05, 4.69) is 22.3 Å². The number of carbonyl (C=O) groups excluding carboxylic acids is 2. The maximum absolute atomic E-state index is 13.5. The molecular weight excluding hydrogens is 446 g/mol. The molecule has 2 amide bonds. The van der Waals surface area contributed by atoms with Crippen LogP contribution < -0.4 is 21.1 Å². The molecule has 4 aliphatic rings. The molecule has 35 heavy (non-hydrogen) atoms.